The van der Waals surface area contributed by atoms with E-state index >= 15 is 0 Å². The van der Waals surface area contributed by atoms with E-state index in [0.717, 1.165) is 5.92 Å². The van der Waals surface area contributed by atoms with Gasteiger partial charge in [-0.2, -0.15) is 0 Å². The van der Waals surface area contributed by atoms with Crippen LogP contribution in [-0.4, -0.2) is 12.0 Å². The van der Waals surface area contributed by atoms with E-state index in [0.29, 0.717) is 6.04 Å². The number of thiazole rings is 1. The van der Waals surface area contributed by atoms with Gasteiger partial charge in [-0.25, -0.2) is 4.98 Å². The number of nitrogens with zero attached hydrogens (tertiary/aromatic N) is 1. The van der Waals surface area contributed by atoms with Gasteiger partial charge in [-0.05, 0) is 38.6 Å². The highest BCUT2D eigenvalue weighted by Crippen LogP contribution is 2.32. The van der Waals surface area contributed by atoms with Crippen molar-refractivity contribution >= 4 is 11.3 Å². The first-order valence-corrected chi connectivity index (χ1v) is 6.68. The predicted molar refractivity (Wildman–Crippen MR) is 65.4 cm³/mol. The maximum atomic E-state index is 4.77. The summed E-state index contributed by atoms with van der Waals surface area (Å²) in [6.45, 7) is 4.54. The van der Waals surface area contributed by atoms with Crippen LogP contribution in [0.15, 0.2) is 0 Å². The van der Waals surface area contributed by atoms with Crippen molar-refractivity contribution in [3.05, 3.63) is 15.6 Å². The summed E-state index contributed by atoms with van der Waals surface area (Å²) in [6, 6.07) is 0.459. The van der Waals surface area contributed by atoms with Crippen molar-refractivity contribution in [2.45, 2.75) is 45.6 Å². The third-order valence-electron chi connectivity index (χ3n) is 2.97. The number of hydrogen-bond acceptors (Lipinski definition) is 3. The molecule has 15 heavy (non-hydrogen) atoms. The first kappa shape index (κ1) is 11.1. The Morgan fingerprint density at radius 3 is 2.80 bits per heavy atom. The fourth-order valence-corrected chi connectivity index (χ4v) is 3.45. The minimum Gasteiger partial charge on any atom is -0.311 e. The number of hydrogen-bond donors (Lipinski definition) is 1. The van der Waals surface area contributed by atoms with Crippen molar-refractivity contribution in [1.29, 1.82) is 0 Å². The van der Waals surface area contributed by atoms with E-state index in [1.165, 1.54) is 41.3 Å². The Morgan fingerprint density at radius 2 is 2.20 bits per heavy atom. The number of fused-ring (bicyclic) bond motifs is 1. The van der Waals surface area contributed by atoms with Gasteiger partial charge in [-0.1, -0.05) is 13.8 Å². The summed E-state index contributed by atoms with van der Waals surface area (Å²) in [6.07, 6.45) is 4.95. The van der Waals surface area contributed by atoms with Crippen molar-refractivity contribution in [3.8, 4) is 0 Å². The SMILES string of the molecule is CNC(CC(C)C)c1nc2c(s1)CCC2. The highest BCUT2D eigenvalue weighted by atomic mass is 32.1. The van der Waals surface area contributed by atoms with E-state index < -0.39 is 0 Å². The average Bonchev–Trinajstić information content (AvgIpc) is 2.72. The van der Waals surface area contributed by atoms with Crippen LogP contribution in [0.3, 0.4) is 0 Å². The molecule has 0 amide bonds. The van der Waals surface area contributed by atoms with E-state index in [1.54, 1.807) is 0 Å². The molecule has 1 unspecified atom stereocenters. The van der Waals surface area contributed by atoms with Crippen LogP contribution in [0.25, 0.3) is 0 Å². The predicted octanol–water partition coefficient (Wildman–Crippen LogP) is 2.94. The molecule has 2 nitrogen and oxygen atoms in total. The fraction of sp³-hybridized carbons (Fsp3) is 0.750. The minimum absolute atomic E-state index is 0.459. The summed E-state index contributed by atoms with van der Waals surface area (Å²) in [7, 11) is 2.04. The van der Waals surface area contributed by atoms with E-state index in [2.05, 4.69) is 19.2 Å². The molecule has 0 bridgehead atoms. The third kappa shape index (κ3) is 2.40. The van der Waals surface area contributed by atoms with Gasteiger partial charge in [0.25, 0.3) is 0 Å². The lowest BCUT2D eigenvalue weighted by Crippen LogP contribution is -2.18. The van der Waals surface area contributed by atoms with Crippen molar-refractivity contribution in [2.75, 3.05) is 7.05 Å². The quantitative estimate of drug-likeness (QED) is 0.850. The van der Waals surface area contributed by atoms with Gasteiger partial charge in [-0.15, -0.1) is 11.3 Å². The van der Waals surface area contributed by atoms with Crippen LogP contribution in [0, 0.1) is 5.92 Å². The van der Waals surface area contributed by atoms with Crippen molar-refractivity contribution in [1.82, 2.24) is 10.3 Å². The Labute approximate surface area is 96.1 Å². The molecule has 2 rings (SSSR count). The average molecular weight is 224 g/mol. The number of aromatic nitrogens is 1. The molecule has 0 spiro atoms. The van der Waals surface area contributed by atoms with Crippen LogP contribution in [0.4, 0.5) is 0 Å². The van der Waals surface area contributed by atoms with Crippen LogP contribution in [-0.2, 0) is 12.8 Å². The second-order valence-corrected chi connectivity index (χ2v) is 5.86. The Kier molecular flexibility index (Phi) is 3.42. The topological polar surface area (TPSA) is 24.9 Å². The maximum Gasteiger partial charge on any atom is 0.110 e. The standard InChI is InChI=1S/C12H20N2S/c1-8(2)7-10(13-3)12-14-9-5-4-6-11(9)15-12/h8,10,13H,4-7H2,1-3H3. The normalized spacial score (nSPS) is 17.1. The molecule has 0 aromatic carbocycles. The van der Waals surface area contributed by atoms with Gasteiger partial charge in [0.2, 0.25) is 0 Å². The molecular weight excluding hydrogens is 204 g/mol. The lowest BCUT2D eigenvalue weighted by molar-refractivity contribution is 0.454. The molecule has 1 atom stereocenters. The third-order valence-corrected chi connectivity index (χ3v) is 4.24. The van der Waals surface area contributed by atoms with E-state index in [-0.39, 0.29) is 0 Å². The highest BCUT2D eigenvalue weighted by Gasteiger charge is 2.21. The molecule has 84 valence electrons. The van der Waals surface area contributed by atoms with Gasteiger partial charge in [0, 0.05) is 4.88 Å². The van der Waals surface area contributed by atoms with Crippen LogP contribution in [0.2, 0.25) is 0 Å². The van der Waals surface area contributed by atoms with Crippen molar-refractivity contribution in [3.63, 3.8) is 0 Å². The molecule has 1 heterocycles. The molecule has 0 radical (unpaired) electrons. The van der Waals surface area contributed by atoms with E-state index in [9.17, 15) is 0 Å². The summed E-state index contributed by atoms with van der Waals surface area (Å²) >= 11 is 1.92. The molecule has 3 heteroatoms. The van der Waals surface area contributed by atoms with Gasteiger partial charge >= 0.3 is 0 Å². The molecule has 0 saturated carbocycles. The number of aryl methyl sites for hydroxylation is 2. The minimum atomic E-state index is 0.459. The molecule has 0 aliphatic heterocycles. The van der Waals surface area contributed by atoms with Gasteiger partial charge < -0.3 is 5.32 Å². The first-order chi connectivity index (χ1) is 7.20. The van der Waals surface area contributed by atoms with E-state index in [4.69, 9.17) is 4.98 Å². The van der Waals surface area contributed by atoms with Crippen LogP contribution in [0.5, 0.6) is 0 Å². The smallest absolute Gasteiger partial charge is 0.110 e. The van der Waals surface area contributed by atoms with Gasteiger partial charge in [0.1, 0.15) is 5.01 Å². The molecule has 0 saturated heterocycles. The first-order valence-electron chi connectivity index (χ1n) is 5.86. The summed E-state index contributed by atoms with van der Waals surface area (Å²) in [5.41, 5.74) is 1.37. The monoisotopic (exact) mass is 224 g/mol. The second kappa shape index (κ2) is 4.62. The summed E-state index contributed by atoms with van der Waals surface area (Å²) in [5.74, 6) is 0.723. The van der Waals surface area contributed by atoms with Crippen molar-refractivity contribution < 1.29 is 0 Å². The van der Waals surface area contributed by atoms with E-state index in [1.807, 2.05) is 18.4 Å². The summed E-state index contributed by atoms with van der Waals surface area (Å²) in [4.78, 5) is 6.31. The Bertz CT molecular complexity index is 309. The second-order valence-electron chi connectivity index (χ2n) is 4.75. The summed E-state index contributed by atoms with van der Waals surface area (Å²) < 4.78 is 0. The molecule has 1 N–H and O–H groups in total. The fourth-order valence-electron chi connectivity index (χ4n) is 2.17. The summed E-state index contributed by atoms with van der Waals surface area (Å²) in [5, 5.41) is 4.69. The zero-order valence-electron chi connectivity index (χ0n) is 9.84. The molecule has 1 aliphatic carbocycles. The highest BCUT2D eigenvalue weighted by molar-refractivity contribution is 7.11. The van der Waals surface area contributed by atoms with Crippen LogP contribution in [0.1, 0.15) is 48.3 Å². The molecule has 0 fully saturated rings. The van der Waals surface area contributed by atoms with Gasteiger partial charge in [0.05, 0.1) is 11.7 Å². The van der Waals surface area contributed by atoms with Crippen molar-refractivity contribution in [2.24, 2.45) is 5.92 Å². The zero-order valence-corrected chi connectivity index (χ0v) is 10.7. The maximum absolute atomic E-state index is 4.77. The Hall–Kier alpha value is -0.410. The number of rotatable bonds is 4. The lowest BCUT2D eigenvalue weighted by atomic mass is 10.0. The zero-order chi connectivity index (χ0) is 10.8. The van der Waals surface area contributed by atoms with Gasteiger partial charge in [-0.3, -0.25) is 0 Å². The van der Waals surface area contributed by atoms with Crippen LogP contribution >= 0.6 is 11.3 Å². The molecular formula is C12H20N2S. The Morgan fingerprint density at radius 1 is 1.40 bits per heavy atom. The lowest BCUT2D eigenvalue weighted by Gasteiger charge is -2.15. The largest absolute Gasteiger partial charge is 0.311 e. The molecule has 1 aromatic heterocycles. The van der Waals surface area contributed by atoms with Crippen LogP contribution < -0.4 is 5.32 Å². The molecule has 1 aromatic rings. The number of nitrogens with one attached hydrogen (secondary N) is 1. The molecule has 1 aliphatic rings. The Balaban J connectivity index is 2.12. The van der Waals surface area contributed by atoms with Gasteiger partial charge in [0.15, 0.2) is 0 Å².